The summed E-state index contributed by atoms with van der Waals surface area (Å²) in [5, 5.41) is 3.38. The van der Waals surface area contributed by atoms with Crippen molar-refractivity contribution < 1.29 is 18.0 Å². The second kappa shape index (κ2) is 9.84. The van der Waals surface area contributed by atoms with Crippen molar-refractivity contribution in [1.82, 2.24) is 19.3 Å². The first kappa shape index (κ1) is 24.2. The second-order valence-electron chi connectivity index (χ2n) is 7.62. The number of hydrogen-bond donors (Lipinski definition) is 2. The van der Waals surface area contributed by atoms with E-state index in [1.54, 1.807) is 0 Å². The standard InChI is InChI=1S/C19H27F3N6O3/c1-4-5-8-28-16(23)15(17(30)24-18(28)31)27(10-6-12(2)3)14(29)11-26-9-7-13(25-26)19(20,21)22/h7,9,12H,4-6,8,10-11,23H2,1-3H3,(H,24,30,31). The predicted octanol–water partition coefficient (Wildman–Crippen LogP) is 2.21. The van der Waals surface area contributed by atoms with Crippen LogP contribution in [0.1, 0.15) is 45.7 Å². The van der Waals surface area contributed by atoms with Crippen LogP contribution in [0.2, 0.25) is 0 Å². The molecule has 0 aliphatic carbocycles. The first-order chi connectivity index (χ1) is 14.5. The van der Waals surface area contributed by atoms with E-state index in [1.807, 2.05) is 20.8 Å². The average molecular weight is 444 g/mol. The van der Waals surface area contributed by atoms with Crippen molar-refractivity contribution in [3.63, 3.8) is 0 Å². The van der Waals surface area contributed by atoms with Gasteiger partial charge < -0.3 is 10.6 Å². The maximum atomic E-state index is 13.0. The van der Waals surface area contributed by atoms with Crippen LogP contribution >= 0.6 is 0 Å². The highest BCUT2D eigenvalue weighted by atomic mass is 19.4. The van der Waals surface area contributed by atoms with E-state index in [2.05, 4.69) is 10.1 Å². The fourth-order valence-corrected chi connectivity index (χ4v) is 2.95. The van der Waals surface area contributed by atoms with Gasteiger partial charge in [0.25, 0.3) is 5.56 Å². The molecule has 0 radical (unpaired) electrons. The molecule has 2 aromatic rings. The molecule has 0 atom stereocenters. The van der Waals surface area contributed by atoms with Gasteiger partial charge in [0.1, 0.15) is 12.4 Å². The molecule has 0 fully saturated rings. The lowest BCUT2D eigenvalue weighted by molar-refractivity contribution is -0.141. The van der Waals surface area contributed by atoms with E-state index in [-0.39, 0.29) is 30.5 Å². The maximum Gasteiger partial charge on any atom is 0.435 e. The molecule has 0 bridgehead atoms. The molecule has 2 heterocycles. The summed E-state index contributed by atoms with van der Waals surface area (Å²) in [6, 6.07) is 0.762. The highest BCUT2D eigenvalue weighted by Crippen LogP contribution is 2.27. The number of carbonyl (C=O) groups excluding carboxylic acids is 1. The zero-order valence-electron chi connectivity index (χ0n) is 17.7. The fraction of sp³-hybridized carbons (Fsp3) is 0.579. The first-order valence-electron chi connectivity index (χ1n) is 9.99. The van der Waals surface area contributed by atoms with Gasteiger partial charge in [-0.25, -0.2) is 4.79 Å². The molecule has 3 N–H and O–H groups in total. The molecular formula is C19H27F3N6O3. The molecule has 0 saturated heterocycles. The molecule has 12 heteroatoms. The SMILES string of the molecule is CCCCn1c(N)c(N(CCC(C)C)C(=O)Cn2ccc(C(F)(F)F)n2)c(=O)[nH]c1=O. The number of nitrogens with one attached hydrogen (secondary N) is 1. The van der Waals surface area contributed by atoms with E-state index in [4.69, 9.17) is 5.73 Å². The van der Waals surface area contributed by atoms with Crippen LogP contribution in [0.3, 0.4) is 0 Å². The quantitative estimate of drug-likeness (QED) is 0.615. The third-order valence-electron chi connectivity index (χ3n) is 4.68. The van der Waals surface area contributed by atoms with Gasteiger partial charge in [-0.15, -0.1) is 0 Å². The van der Waals surface area contributed by atoms with E-state index in [9.17, 15) is 27.6 Å². The lowest BCUT2D eigenvalue weighted by atomic mass is 10.1. The fourth-order valence-electron chi connectivity index (χ4n) is 2.95. The number of amides is 1. The Morgan fingerprint density at radius 3 is 2.55 bits per heavy atom. The van der Waals surface area contributed by atoms with Crippen LogP contribution in [0.4, 0.5) is 24.7 Å². The average Bonchev–Trinajstić information content (AvgIpc) is 3.12. The van der Waals surface area contributed by atoms with Gasteiger partial charge in [-0.3, -0.25) is 23.8 Å². The summed E-state index contributed by atoms with van der Waals surface area (Å²) in [4.78, 5) is 41.0. The van der Waals surface area contributed by atoms with Gasteiger partial charge in [0.2, 0.25) is 5.91 Å². The molecule has 0 aliphatic rings. The molecule has 0 unspecified atom stereocenters. The van der Waals surface area contributed by atoms with Crippen molar-refractivity contribution in [2.24, 2.45) is 5.92 Å². The zero-order chi connectivity index (χ0) is 23.3. The van der Waals surface area contributed by atoms with Crippen LogP contribution < -0.4 is 21.9 Å². The third-order valence-corrected chi connectivity index (χ3v) is 4.68. The third kappa shape index (κ3) is 5.98. The van der Waals surface area contributed by atoms with Crippen molar-refractivity contribution in [2.45, 2.75) is 59.3 Å². The lowest BCUT2D eigenvalue weighted by Gasteiger charge is -2.25. The number of unbranched alkanes of at least 4 members (excludes halogenated alkanes) is 1. The Balaban J connectivity index is 2.44. The summed E-state index contributed by atoms with van der Waals surface area (Å²) in [7, 11) is 0. The topological polar surface area (TPSA) is 119 Å². The van der Waals surface area contributed by atoms with Crippen molar-refractivity contribution in [3.8, 4) is 0 Å². The van der Waals surface area contributed by atoms with Crippen LogP contribution in [0.15, 0.2) is 21.9 Å². The minimum absolute atomic E-state index is 0.100. The molecule has 172 valence electrons. The molecule has 2 rings (SSSR count). The van der Waals surface area contributed by atoms with Gasteiger partial charge in [-0.05, 0) is 24.8 Å². The Bertz CT molecular complexity index is 1020. The lowest BCUT2D eigenvalue weighted by Crippen LogP contribution is -2.43. The van der Waals surface area contributed by atoms with Crippen molar-refractivity contribution >= 4 is 17.4 Å². The number of nitrogens with zero attached hydrogens (tertiary/aromatic N) is 4. The summed E-state index contributed by atoms with van der Waals surface area (Å²) < 4.78 is 40.4. The number of rotatable bonds is 9. The summed E-state index contributed by atoms with van der Waals surface area (Å²) in [5.74, 6) is -0.658. The Morgan fingerprint density at radius 2 is 2.00 bits per heavy atom. The van der Waals surface area contributed by atoms with Gasteiger partial charge in [0.15, 0.2) is 11.4 Å². The number of aromatic amines is 1. The van der Waals surface area contributed by atoms with E-state index < -0.39 is 35.6 Å². The predicted molar refractivity (Wildman–Crippen MR) is 110 cm³/mol. The molecule has 2 aromatic heterocycles. The van der Waals surface area contributed by atoms with E-state index in [0.717, 1.165) is 28.3 Å². The van der Waals surface area contributed by atoms with Crippen LogP contribution in [0.5, 0.6) is 0 Å². The van der Waals surface area contributed by atoms with E-state index >= 15 is 0 Å². The van der Waals surface area contributed by atoms with E-state index in [1.165, 1.54) is 4.57 Å². The molecule has 0 saturated carbocycles. The number of H-pyrrole nitrogens is 1. The maximum absolute atomic E-state index is 13.0. The van der Waals surface area contributed by atoms with Crippen molar-refractivity contribution in [1.29, 1.82) is 0 Å². The Kier molecular flexibility index (Phi) is 7.69. The number of aromatic nitrogens is 4. The molecule has 31 heavy (non-hydrogen) atoms. The van der Waals surface area contributed by atoms with Crippen molar-refractivity contribution in [2.75, 3.05) is 17.2 Å². The molecule has 0 aliphatic heterocycles. The largest absolute Gasteiger partial charge is 0.435 e. The van der Waals surface area contributed by atoms with Crippen LogP contribution in [0.25, 0.3) is 0 Å². The van der Waals surface area contributed by atoms with Gasteiger partial charge in [0, 0.05) is 19.3 Å². The highest BCUT2D eigenvalue weighted by Gasteiger charge is 2.34. The minimum atomic E-state index is -4.64. The summed E-state index contributed by atoms with van der Waals surface area (Å²) in [5.41, 5.74) is 3.28. The number of nitrogens with two attached hydrogens (primary N) is 1. The molecule has 0 aromatic carbocycles. The van der Waals surface area contributed by atoms with Crippen LogP contribution in [0, 0.1) is 5.92 Å². The van der Waals surface area contributed by atoms with Gasteiger partial charge in [-0.1, -0.05) is 27.2 Å². The number of halogens is 3. The van der Waals surface area contributed by atoms with Gasteiger partial charge >= 0.3 is 11.9 Å². The second-order valence-corrected chi connectivity index (χ2v) is 7.62. The van der Waals surface area contributed by atoms with Gasteiger partial charge in [0.05, 0.1) is 0 Å². The number of anilines is 2. The monoisotopic (exact) mass is 444 g/mol. The minimum Gasteiger partial charge on any atom is -0.383 e. The smallest absolute Gasteiger partial charge is 0.383 e. The number of alkyl halides is 3. The molecule has 9 nitrogen and oxygen atoms in total. The zero-order valence-corrected chi connectivity index (χ0v) is 17.7. The summed E-state index contributed by atoms with van der Waals surface area (Å²) in [6.07, 6.45) is -1.69. The van der Waals surface area contributed by atoms with E-state index in [0.29, 0.717) is 12.8 Å². The molecule has 0 spiro atoms. The van der Waals surface area contributed by atoms with Crippen molar-refractivity contribution in [3.05, 3.63) is 38.8 Å². The Morgan fingerprint density at radius 1 is 1.32 bits per heavy atom. The summed E-state index contributed by atoms with van der Waals surface area (Å²) in [6.45, 7) is 5.59. The first-order valence-corrected chi connectivity index (χ1v) is 9.99. The van der Waals surface area contributed by atoms with Gasteiger partial charge in [-0.2, -0.15) is 18.3 Å². The highest BCUT2D eigenvalue weighted by molar-refractivity contribution is 5.95. The van der Waals surface area contributed by atoms with Crippen LogP contribution in [-0.2, 0) is 24.1 Å². The molecular weight excluding hydrogens is 417 g/mol. The Hall–Kier alpha value is -3.05. The number of carbonyl (C=O) groups is 1. The molecule has 1 amide bonds. The number of nitrogen functional groups attached to an aromatic ring is 1. The summed E-state index contributed by atoms with van der Waals surface area (Å²) >= 11 is 0. The number of hydrogen-bond acceptors (Lipinski definition) is 5. The normalized spacial score (nSPS) is 11.8. The Labute approximate surface area is 176 Å². The van der Waals surface area contributed by atoms with Crippen LogP contribution in [-0.4, -0.2) is 31.8 Å².